The number of anilines is 2. The van der Waals surface area contributed by atoms with Gasteiger partial charge in [0.1, 0.15) is 11.9 Å². The van der Waals surface area contributed by atoms with Crippen LogP contribution in [0.25, 0.3) is 0 Å². The molecule has 2 aromatic rings. The summed E-state index contributed by atoms with van der Waals surface area (Å²) in [5.74, 6) is 0.0411. The zero-order valence-electron chi connectivity index (χ0n) is 15.7. The molecule has 2 amide bonds. The summed E-state index contributed by atoms with van der Waals surface area (Å²) >= 11 is 6.06. The van der Waals surface area contributed by atoms with Gasteiger partial charge in [0.05, 0.1) is 12.3 Å². The van der Waals surface area contributed by atoms with Gasteiger partial charge in [-0.25, -0.2) is 0 Å². The molecule has 148 valence electrons. The second-order valence-corrected chi connectivity index (χ2v) is 6.95. The molecule has 1 saturated heterocycles. The first kappa shape index (κ1) is 20.2. The van der Waals surface area contributed by atoms with Crippen molar-refractivity contribution in [2.24, 2.45) is 0 Å². The summed E-state index contributed by atoms with van der Waals surface area (Å²) < 4.78 is 11.0. The predicted molar refractivity (Wildman–Crippen MR) is 109 cm³/mol. The van der Waals surface area contributed by atoms with Gasteiger partial charge in [0.25, 0.3) is 11.8 Å². The number of hydrogen-bond acceptors (Lipinski definition) is 4. The van der Waals surface area contributed by atoms with Crippen molar-refractivity contribution in [3.05, 3.63) is 53.1 Å². The largest absolute Gasteiger partial charge is 0.491 e. The van der Waals surface area contributed by atoms with Crippen molar-refractivity contribution in [3.8, 4) is 5.75 Å². The summed E-state index contributed by atoms with van der Waals surface area (Å²) in [4.78, 5) is 24.9. The van der Waals surface area contributed by atoms with Gasteiger partial charge in [0.2, 0.25) is 0 Å². The van der Waals surface area contributed by atoms with E-state index in [1.165, 1.54) is 0 Å². The van der Waals surface area contributed by atoms with E-state index in [0.717, 1.165) is 12.8 Å². The molecular weight excluding hydrogens is 380 g/mol. The molecule has 1 heterocycles. The van der Waals surface area contributed by atoms with E-state index in [1.54, 1.807) is 42.5 Å². The van der Waals surface area contributed by atoms with Crippen LogP contribution < -0.4 is 15.4 Å². The first-order valence-electron chi connectivity index (χ1n) is 9.33. The smallest absolute Gasteiger partial charge is 0.255 e. The molecule has 3 rings (SSSR count). The summed E-state index contributed by atoms with van der Waals surface area (Å²) in [7, 11) is 0. The van der Waals surface area contributed by atoms with E-state index in [4.69, 9.17) is 21.1 Å². The number of hydrogen-bond donors (Lipinski definition) is 2. The Morgan fingerprint density at radius 2 is 2.07 bits per heavy atom. The van der Waals surface area contributed by atoms with E-state index in [1.807, 2.05) is 6.92 Å². The Balaban J connectivity index is 1.71. The SMILES string of the molecule is CCCOc1ccc(Cl)cc1NC(=O)c1cccc(NC(=O)C2CCCO2)c1. The minimum absolute atomic E-state index is 0.194. The Hall–Kier alpha value is -2.57. The number of benzene rings is 2. The fourth-order valence-electron chi connectivity index (χ4n) is 2.88. The van der Waals surface area contributed by atoms with E-state index < -0.39 is 6.10 Å². The lowest BCUT2D eigenvalue weighted by Gasteiger charge is -2.14. The topological polar surface area (TPSA) is 76.7 Å². The number of amides is 2. The van der Waals surface area contributed by atoms with Crippen molar-refractivity contribution in [2.75, 3.05) is 23.8 Å². The van der Waals surface area contributed by atoms with Crippen LogP contribution in [-0.2, 0) is 9.53 Å². The molecule has 2 N–H and O–H groups in total. The Labute approximate surface area is 169 Å². The molecule has 1 fully saturated rings. The average Bonchev–Trinajstić information content (AvgIpc) is 3.22. The van der Waals surface area contributed by atoms with Gasteiger partial charge in [-0.15, -0.1) is 0 Å². The van der Waals surface area contributed by atoms with Gasteiger partial charge in [-0.1, -0.05) is 24.6 Å². The third-order valence-electron chi connectivity index (χ3n) is 4.27. The molecule has 1 aliphatic heterocycles. The molecule has 0 aliphatic carbocycles. The van der Waals surface area contributed by atoms with Crippen molar-refractivity contribution in [2.45, 2.75) is 32.3 Å². The van der Waals surface area contributed by atoms with Gasteiger partial charge in [-0.05, 0) is 55.7 Å². The average molecular weight is 403 g/mol. The maximum atomic E-state index is 12.7. The van der Waals surface area contributed by atoms with Gasteiger partial charge in [0, 0.05) is 22.9 Å². The van der Waals surface area contributed by atoms with Gasteiger partial charge >= 0.3 is 0 Å². The summed E-state index contributed by atoms with van der Waals surface area (Å²) in [6, 6.07) is 11.8. The molecule has 0 radical (unpaired) electrons. The molecule has 0 saturated carbocycles. The zero-order valence-corrected chi connectivity index (χ0v) is 16.4. The molecule has 1 unspecified atom stereocenters. The van der Waals surface area contributed by atoms with Crippen LogP contribution in [0.2, 0.25) is 5.02 Å². The highest BCUT2D eigenvalue weighted by atomic mass is 35.5. The van der Waals surface area contributed by atoms with Crippen LogP contribution >= 0.6 is 11.6 Å². The van der Waals surface area contributed by atoms with E-state index in [9.17, 15) is 9.59 Å². The fraction of sp³-hybridized carbons (Fsp3) is 0.333. The third-order valence-corrected chi connectivity index (χ3v) is 4.50. The molecule has 1 atom stereocenters. The Bertz CT molecular complexity index is 850. The lowest BCUT2D eigenvalue weighted by atomic mass is 10.1. The van der Waals surface area contributed by atoms with Crippen LogP contribution in [0.15, 0.2) is 42.5 Å². The fourth-order valence-corrected chi connectivity index (χ4v) is 3.05. The quantitative estimate of drug-likeness (QED) is 0.714. The van der Waals surface area contributed by atoms with E-state index >= 15 is 0 Å². The number of ether oxygens (including phenoxy) is 2. The van der Waals surface area contributed by atoms with Crippen molar-refractivity contribution in [1.82, 2.24) is 0 Å². The molecule has 0 spiro atoms. The van der Waals surface area contributed by atoms with Gasteiger partial charge < -0.3 is 20.1 Å². The summed E-state index contributed by atoms with van der Waals surface area (Å²) in [5.41, 5.74) is 1.45. The number of halogens is 1. The number of carbonyl (C=O) groups excluding carboxylic acids is 2. The minimum atomic E-state index is -0.429. The van der Waals surface area contributed by atoms with Crippen molar-refractivity contribution < 1.29 is 19.1 Å². The lowest BCUT2D eigenvalue weighted by Crippen LogP contribution is -2.27. The predicted octanol–water partition coefficient (Wildman–Crippen LogP) is 4.50. The Morgan fingerprint density at radius 1 is 1.21 bits per heavy atom. The maximum absolute atomic E-state index is 12.7. The molecule has 28 heavy (non-hydrogen) atoms. The summed E-state index contributed by atoms with van der Waals surface area (Å²) in [5, 5.41) is 6.13. The Kier molecular flexibility index (Phi) is 6.90. The number of nitrogens with one attached hydrogen (secondary N) is 2. The van der Waals surface area contributed by atoms with E-state index in [-0.39, 0.29) is 11.8 Å². The van der Waals surface area contributed by atoms with Gasteiger partial charge in [-0.3, -0.25) is 9.59 Å². The second-order valence-electron chi connectivity index (χ2n) is 6.51. The molecule has 6 nitrogen and oxygen atoms in total. The summed E-state index contributed by atoms with van der Waals surface area (Å²) in [6.45, 7) is 3.14. The lowest BCUT2D eigenvalue weighted by molar-refractivity contribution is -0.124. The highest BCUT2D eigenvalue weighted by Gasteiger charge is 2.23. The molecule has 1 aliphatic rings. The van der Waals surface area contributed by atoms with E-state index in [0.29, 0.717) is 47.3 Å². The van der Waals surface area contributed by atoms with Crippen molar-refractivity contribution in [3.63, 3.8) is 0 Å². The van der Waals surface area contributed by atoms with Gasteiger partial charge in [0.15, 0.2) is 0 Å². The number of carbonyl (C=O) groups is 2. The number of rotatable bonds is 7. The van der Waals surface area contributed by atoms with Crippen LogP contribution in [0.1, 0.15) is 36.5 Å². The van der Waals surface area contributed by atoms with Gasteiger partial charge in [-0.2, -0.15) is 0 Å². The zero-order chi connectivity index (χ0) is 19.9. The standard InChI is InChI=1S/C21H23ClN2O4/c1-2-10-27-18-9-8-15(22)13-17(18)24-20(25)14-5-3-6-16(12-14)23-21(26)19-7-4-11-28-19/h3,5-6,8-9,12-13,19H,2,4,7,10-11H2,1H3,(H,23,26)(H,24,25). The minimum Gasteiger partial charge on any atom is -0.491 e. The van der Waals surface area contributed by atoms with Crippen LogP contribution in [-0.4, -0.2) is 31.1 Å². The second kappa shape index (κ2) is 9.57. The maximum Gasteiger partial charge on any atom is 0.255 e. The molecule has 0 bridgehead atoms. The first-order chi connectivity index (χ1) is 13.6. The third kappa shape index (κ3) is 5.24. The van der Waals surface area contributed by atoms with Crippen LogP contribution in [0.4, 0.5) is 11.4 Å². The van der Waals surface area contributed by atoms with Crippen LogP contribution in [0, 0.1) is 0 Å². The van der Waals surface area contributed by atoms with Crippen molar-refractivity contribution in [1.29, 1.82) is 0 Å². The molecule has 7 heteroatoms. The Morgan fingerprint density at radius 3 is 2.82 bits per heavy atom. The van der Waals surface area contributed by atoms with Crippen LogP contribution in [0.5, 0.6) is 5.75 Å². The van der Waals surface area contributed by atoms with Crippen LogP contribution in [0.3, 0.4) is 0 Å². The molecule has 2 aromatic carbocycles. The van der Waals surface area contributed by atoms with Crippen molar-refractivity contribution >= 4 is 34.8 Å². The highest BCUT2D eigenvalue weighted by molar-refractivity contribution is 6.31. The first-order valence-corrected chi connectivity index (χ1v) is 9.71. The monoisotopic (exact) mass is 402 g/mol. The normalized spacial score (nSPS) is 15.9. The molecular formula is C21H23ClN2O4. The highest BCUT2D eigenvalue weighted by Crippen LogP contribution is 2.29. The summed E-state index contributed by atoms with van der Waals surface area (Å²) in [6.07, 6.45) is 2.01. The van der Waals surface area contributed by atoms with E-state index in [2.05, 4.69) is 10.6 Å². The molecule has 0 aromatic heterocycles.